The Bertz CT molecular complexity index is 621. The Balaban J connectivity index is 1.75. The van der Waals surface area contributed by atoms with Gasteiger partial charge in [-0.1, -0.05) is 18.9 Å². The van der Waals surface area contributed by atoms with Crippen LogP contribution in [0.1, 0.15) is 43.2 Å². The van der Waals surface area contributed by atoms with Crippen LogP contribution in [0.4, 0.5) is 0 Å². The molecule has 0 aliphatic heterocycles. The van der Waals surface area contributed by atoms with Gasteiger partial charge >= 0.3 is 0 Å². The van der Waals surface area contributed by atoms with E-state index in [1.54, 1.807) is 6.07 Å². The molecule has 116 valence electrons. The highest BCUT2D eigenvalue weighted by Crippen LogP contribution is 2.38. The molecule has 1 fully saturated rings. The van der Waals surface area contributed by atoms with Crippen LogP contribution in [0.5, 0.6) is 0 Å². The first-order valence-corrected chi connectivity index (χ1v) is 9.74. The van der Waals surface area contributed by atoms with E-state index in [4.69, 9.17) is 11.6 Å². The van der Waals surface area contributed by atoms with Crippen LogP contribution in [-0.4, -0.2) is 20.8 Å². The average molecular weight is 328 g/mol. The number of alkyl halides is 1. The van der Waals surface area contributed by atoms with Crippen molar-refractivity contribution in [2.45, 2.75) is 49.8 Å². The third-order valence-corrected chi connectivity index (χ3v) is 6.93. The summed E-state index contributed by atoms with van der Waals surface area (Å²) < 4.78 is 27.8. The molecule has 0 spiro atoms. The van der Waals surface area contributed by atoms with E-state index in [9.17, 15) is 8.42 Å². The number of halogens is 1. The molecule has 3 rings (SSSR count). The first kappa shape index (κ1) is 15.3. The molecule has 0 heterocycles. The van der Waals surface area contributed by atoms with Gasteiger partial charge in [0.1, 0.15) is 0 Å². The summed E-state index contributed by atoms with van der Waals surface area (Å²) in [5.74, 6) is 0.527. The fourth-order valence-corrected chi connectivity index (χ4v) is 5.10. The number of hydrogen-bond donors (Lipinski definition) is 1. The number of nitrogens with one attached hydrogen (secondary N) is 1. The van der Waals surface area contributed by atoms with Crippen molar-refractivity contribution in [3.8, 4) is 0 Å². The van der Waals surface area contributed by atoms with E-state index < -0.39 is 10.0 Å². The maximum absolute atomic E-state index is 12.5. The minimum atomic E-state index is -3.43. The van der Waals surface area contributed by atoms with Crippen molar-refractivity contribution >= 4 is 21.6 Å². The van der Waals surface area contributed by atoms with Crippen LogP contribution in [-0.2, 0) is 22.9 Å². The third-order valence-electron chi connectivity index (χ3n) is 4.97. The number of sulfonamides is 1. The van der Waals surface area contributed by atoms with Gasteiger partial charge < -0.3 is 0 Å². The van der Waals surface area contributed by atoms with Crippen molar-refractivity contribution in [3.05, 3.63) is 29.3 Å². The summed E-state index contributed by atoms with van der Waals surface area (Å²) in [6, 6.07) is 5.53. The zero-order chi connectivity index (χ0) is 14.9. The van der Waals surface area contributed by atoms with Crippen molar-refractivity contribution in [2.75, 3.05) is 12.4 Å². The molecule has 1 saturated carbocycles. The fraction of sp³-hybridized carbons (Fsp3) is 0.625. The van der Waals surface area contributed by atoms with Gasteiger partial charge in [-0.25, -0.2) is 13.1 Å². The predicted octanol–water partition coefficient (Wildman–Crippen LogP) is 3.25. The van der Waals surface area contributed by atoms with Gasteiger partial charge in [0.15, 0.2) is 0 Å². The van der Waals surface area contributed by atoms with Gasteiger partial charge in [0.2, 0.25) is 10.0 Å². The molecule has 1 aromatic rings. The summed E-state index contributed by atoms with van der Waals surface area (Å²) in [4.78, 5) is 0.394. The van der Waals surface area contributed by atoms with Crippen LogP contribution < -0.4 is 4.72 Å². The van der Waals surface area contributed by atoms with Crippen molar-refractivity contribution < 1.29 is 8.42 Å². The first-order chi connectivity index (χ1) is 10.0. The predicted molar refractivity (Wildman–Crippen MR) is 85.3 cm³/mol. The molecule has 1 aromatic carbocycles. The number of fused-ring (bicyclic) bond motifs is 1. The fourth-order valence-electron chi connectivity index (χ4n) is 3.53. The number of rotatable bonds is 5. The Hall–Kier alpha value is -0.580. The van der Waals surface area contributed by atoms with E-state index in [0.29, 0.717) is 17.3 Å². The molecule has 21 heavy (non-hydrogen) atoms. The molecule has 1 N–H and O–H groups in total. The van der Waals surface area contributed by atoms with Gasteiger partial charge in [0.05, 0.1) is 4.90 Å². The van der Waals surface area contributed by atoms with Crippen LogP contribution in [0.3, 0.4) is 0 Å². The number of aryl methyl sites for hydroxylation is 2. The van der Waals surface area contributed by atoms with Crippen molar-refractivity contribution in [3.63, 3.8) is 0 Å². The minimum Gasteiger partial charge on any atom is -0.211 e. The van der Waals surface area contributed by atoms with Crippen molar-refractivity contribution in [1.82, 2.24) is 4.72 Å². The van der Waals surface area contributed by atoms with E-state index in [1.165, 1.54) is 11.1 Å². The Morgan fingerprint density at radius 2 is 1.81 bits per heavy atom. The molecule has 0 amide bonds. The monoisotopic (exact) mass is 327 g/mol. The first-order valence-electron chi connectivity index (χ1n) is 7.72. The van der Waals surface area contributed by atoms with Crippen molar-refractivity contribution in [1.29, 1.82) is 0 Å². The summed E-state index contributed by atoms with van der Waals surface area (Å²) in [6.45, 7) is 0.454. The number of hydrogen-bond acceptors (Lipinski definition) is 2. The molecule has 0 unspecified atom stereocenters. The highest BCUT2D eigenvalue weighted by atomic mass is 35.5. The second-order valence-corrected chi connectivity index (χ2v) is 8.48. The topological polar surface area (TPSA) is 46.2 Å². The smallest absolute Gasteiger partial charge is 0.211 e. The lowest BCUT2D eigenvalue weighted by Crippen LogP contribution is -2.37. The molecule has 0 atom stereocenters. The normalized spacial score (nSPS) is 20.6. The second-order valence-electron chi connectivity index (χ2n) is 6.45. The Labute approximate surface area is 132 Å². The van der Waals surface area contributed by atoms with Gasteiger partial charge in [0.25, 0.3) is 0 Å². The summed E-state index contributed by atoms with van der Waals surface area (Å²) in [5, 5.41) is 0. The van der Waals surface area contributed by atoms with Crippen LogP contribution in [0, 0.1) is 5.41 Å². The zero-order valence-electron chi connectivity index (χ0n) is 12.2. The van der Waals surface area contributed by atoms with E-state index in [1.807, 2.05) is 12.1 Å². The quantitative estimate of drug-likeness (QED) is 0.844. The SMILES string of the molecule is O=S(=O)(NCC1(CCl)CCCC1)c1ccc2c(c1)CCC2. The third kappa shape index (κ3) is 3.13. The lowest BCUT2D eigenvalue weighted by molar-refractivity contribution is 0.342. The van der Waals surface area contributed by atoms with Crippen molar-refractivity contribution in [2.24, 2.45) is 5.41 Å². The Kier molecular flexibility index (Phi) is 4.30. The molecule has 0 bridgehead atoms. The molecule has 0 aromatic heterocycles. The highest BCUT2D eigenvalue weighted by molar-refractivity contribution is 7.89. The minimum absolute atomic E-state index is 0.0502. The Morgan fingerprint density at radius 1 is 1.10 bits per heavy atom. The van der Waals surface area contributed by atoms with Gasteiger partial charge in [-0.05, 0) is 60.8 Å². The average Bonchev–Trinajstić information content (AvgIpc) is 3.14. The summed E-state index contributed by atoms with van der Waals surface area (Å²) in [6.07, 6.45) is 7.51. The number of benzene rings is 1. The van der Waals surface area contributed by atoms with Gasteiger partial charge in [-0.3, -0.25) is 0 Å². The van der Waals surface area contributed by atoms with Gasteiger partial charge in [0, 0.05) is 12.4 Å². The zero-order valence-corrected chi connectivity index (χ0v) is 13.8. The summed E-state index contributed by atoms with van der Waals surface area (Å²) >= 11 is 6.08. The lowest BCUT2D eigenvalue weighted by atomic mass is 9.89. The molecule has 2 aliphatic carbocycles. The van der Waals surface area contributed by atoms with E-state index >= 15 is 0 Å². The maximum atomic E-state index is 12.5. The highest BCUT2D eigenvalue weighted by Gasteiger charge is 2.34. The molecular formula is C16H22ClNO2S. The molecular weight excluding hydrogens is 306 g/mol. The van der Waals surface area contributed by atoms with Crippen LogP contribution >= 0.6 is 11.6 Å². The molecule has 0 radical (unpaired) electrons. The van der Waals surface area contributed by atoms with Gasteiger partial charge in [-0.15, -0.1) is 11.6 Å². The van der Waals surface area contributed by atoms with E-state index in [2.05, 4.69) is 4.72 Å². The molecule has 3 nitrogen and oxygen atoms in total. The summed E-state index contributed by atoms with van der Waals surface area (Å²) in [7, 11) is -3.43. The standard InChI is InChI=1S/C16H22ClNO2S/c17-11-16(8-1-2-9-16)12-18-21(19,20)15-7-6-13-4-3-5-14(13)10-15/h6-7,10,18H,1-5,8-9,11-12H2. The van der Waals surface area contributed by atoms with Crippen LogP contribution in [0.25, 0.3) is 0 Å². The molecule has 2 aliphatic rings. The van der Waals surface area contributed by atoms with E-state index in [-0.39, 0.29) is 5.41 Å². The maximum Gasteiger partial charge on any atom is 0.240 e. The van der Waals surface area contributed by atoms with Crippen LogP contribution in [0.15, 0.2) is 23.1 Å². The Morgan fingerprint density at radius 3 is 2.52 bits per heavy atom. The molecule has 5 heteroatoms. The lowest BCUT2D eigenvalue weighted by Gasteiger charge is -2.26. The van der Waals surface area contributed by atoms with Crippen LogP contribution in [0.2, 0.25) is 0 Å². The van der Waals surface area contributed by atoms with E-state index in [0.717, 1.165) is 44.9 Å². The van der Waals surface area contributed by atoms with Gasteiger partial charge in [-0.2, -0.15) is 0 Å². The second kappa shape index (κ2) is 5.90. The summed E-state index contributed by atoms with van der Waals surface area (Å²) in [5.41, 5.74) is 2.43. The molecule has 0 saturated heterocycles. The largest absolute Gasteiger partial charge is 0.240 e.